The first-order valence-corrected chi connectivity index (χ1v) is 9.22. The van der Waals surface area contributed by atoms with E-state index in [0.717, 1.165) is 35.9 Å². The molecule has 1 aliphatic heterocycles. The second-order valence-corrected chi connectivity index (χ2v) is 7.25. The maximum absolute atomic E-state index is 10.8. The van der Waals surface area contributed by atoms with Gasteiger partial charge in [-0.15, -0.1) is 11.3 Å². The molecule has 1 N–H and O–H groups in total. The number of hydrogen-bond acceptors (Lipinski definition) is 6. The summed E-state index contributed by atoms with van der Waals surface area (Å²) in [6.07, 6.45) is 0.0339. The van der Waals surface area contributed by atoms with Crippen molar-refractivity contribution in [3.05, 3.63) is 40.7 Å². The van der Waals surface area contributed by atoms with Crippen molar-refractivity contribution in [3.63, 3.8) is 0 Å². The Kier molecular flexibility index (Phi) is 6.14. The van der Waals surface area contributed by atoms with Crippen LogP contribution in [0.5, 0.6) is 0 Å². The van der Waals surface area contributed by atoms with Crippen LogP contribution < -0.4 is 0 Å². The highest BCUT2D eigenvalue weighted by Crippen LogP contribution is 2.23. The van der Waals surface area contributed by atoms with Gasteiger partial charge in [0, 0.05) is 30.6 Å². The van der Waals surface area contributed by atoms with E-state index in [9.17, 15) is 4.79 Å². The number of aliphatic carboxylic acids is 1. The third-order valence-corrected chi connectivity index (χ3v) is 4.96. The zero-order valence-corrected chi connectivity index (χ0v) is 15.1. The Morgan fingerprint density at radius 1 is 1.44 bits per heavy atom. The van der Waals surface area contributed by atoms with Crippen molar-refractivity contribution in [2.45, 2.75) is 12.6 Å². The van der Waals surface area contributed by atoms with Gasteiger partial charge in [-0.2, -0.15) is 0 Å². The van der Waals surface area contributed by atoms with Crippen LogP contribution >= 0.6 is 11.3 Å². The molecule has 2 heterocycles. The van der Waals surface area contributed by atoms with Crippen LogP contribution in [0.15, 0.2) is 35.7 Å². The van der Waals surface area contributed by atoms with Crippen LogP contribution in [0.4, 0.5) is 0 Å². The molecule has 0 spiro atoms. The van der Waals surface area contributed by atoms with Crippen LogP contribution in [0.1, 0.15) is 5.01 Å². The van der Waals surface area contributed by atoms with E-state index in [0.29, 0.717) is 13.2 Å². The number of rotatable bonds is 7. The van der Waals surface area contributed by atoms with Crippen molar-refractivity contribution in [2.75, 3.05) is 39.8 Å². The number of hydrogen-bond donors (Lipinski definition) is 1. The molecule has 1 unspecified atom stereocenters. The summed E-state index contributed by atoms with van der Waals surface area (Å²) in [5.74, 6) is -0.814. The molecule has 1 aliphatic rings. The minimum absolute atomic E-state index is 0.0339. The largest absolute Gasteiger partial charge is 0.480 e. The van der Waals surface area contributed by atoms with Crippen molar-refractivity contribution in [1.29, 1.82) is 0 Å². The van der Waals surface area contributed by atoms with Crippen LogP contribution in [0, 0.1) is 0 Å². The lowest BCUT2D eigenvalue weighted by molar-refractivity contribution is -0.138. The Bertz CT molecular complexity index is 692. The molecule has 134 valence electrons. The van der Waals surface area contributed by atoms with Gasteiger partial charge in [0.25, 0.3) is 0 Å². The van der Waals surface area contributed by atoms with E-state index in [4.69, 9.17) is 14.8 Å². The van der Waals surface area contributed by atoms with Gasteiger partial charge in [-0.05, 0) is 7.05 Å². The highest BCUT2D eigenvalue weighted by Gasteiger charge is 2.23. The number of thiazole rings is 1. The summed E-state index contributed by atoms with van der Waals surface area (Å²) in [6.45, 7) is 3.80. The molecule has 1 atom stereocenters. The molecule has 2 aromatic rings. The molecule has 25 heavy (non-hydrogen) atoms. The number of carboxylic acids is 1. The van der Waals surface area contributed by atoms with Crippen LogP contribution in [0.3, 0.4) is 0 Å². The van der Waals surface area contributed by atoms with Crippen LogP contribution in [-0.4, -0.2) is 71.8 Å². The summed E-state index contributed by atoms with van der Waals surface area (Å²) in [5.41, 5.74) is 2.16. The average Bonchev–Trinajstić information content (AvgIpc) is 3.03. The van der Waals surface area contributed by atoms with E-state index in [1.165, 1.54) is 0 Å². The second kappa shape index (κ2) is 8.53. The second-order valence-electron chi connectivity index (χ2n) is 6.31. The minimum Gasteiger partial charge on any atom is -0.480 e. The zero-order valence-electron chi connectivity index (χ0n) is 14.3. The van der Waals surface area contributed by atoms with Crippen molar-refractivity contribution in [3.8, 4) is 11.3 Å². The molecule has 1 fully saturated rings. The summed E-state index contributed by atoms with van der Waals surface area (Å²) in [7, 11) is 1.81. The molecule has 1 saturated heterocycles. The third-order valence-electron chi connectivity index (χ3n) is 4.12. The van der Waals surface area contributed by atoms with Gasteiger partial charge < -0.3 is 9.84 Å². The lowest BCUT2D eigenvalue weighted by Gasteiger charge is -2.34. The van der Waals surface area contributed by atoms with Crippen LogP contribution in [0.2, 0.25) is 0 Å². The van der Waals surface area contributed by atoms with E-state index in [2.05, 4.69) is 22.4 Å². The number of likely N-dealkylation sites (N-methyl/N-ethyl adjacent to an activating group) is 1. The standard InChI is InChI=1S/C18H23N3O3S/c1-20(12-18(22)23)9-15-10-21(7-8-24-15)11-17-19-16(13-25-17)14-5-3-2-4-6-14/h2-6,13,15H,7-12H2,1H3,(H,22,23). The van der Waals surface area contributed by atoms with Crippen LogP contribution in [-0.2, 0) is 16.1 Å². The van der Waals surface area contributed by atoms with Gasteiger partial charge in [-0.1, -0.05) is 30.3 Å². The average molecular weight is 361 g/mol. The number of carboxylic acid groups (broad SMARTS) is 1. The number of aromatic nitrogens is 1. The van der Waals surface area contributed by atoms with E-state index in [1.54, 1.807) is 16.2 Å². The monoisotopic (exact) mass is 361 g/mol. The first-order chi connectivity index (χ1) is 12.1. The zero-order chi connectivity index (χ0) is 17.6. The lowest BCUT2D eigenvalue weighted by Crippen LogP contribution is -2.47. The SMILES string of the molecule is CN(CC(=O)O)CC1CN(Cc2nc(-c3ccccc3)cs2)CCO1. The Balaban J connectivity index is 1.54. The maximum atomic E-state index is 10.8. The van der Waals surface area contributed by atoms with Crippen molar-refractivity contribution in [1.82, 2.24) is 14.8 Å². The number of benzene rings is 1. The Morgan fingerprint density at radius 2 is 2.24 bits per heavy atom. The fraction of sp³-hybridized carbons (Fsp3) is 0.444. The van der Waals surface area contributed by atoms with Gasteiger partial charge >= 0.3 is 5.97 Å². The predicted octanol–water partition coefficient (Wildman–Crippen LogP) is 2.03. The highest BCUT2D eigenvalue weighted by molar-refractivity contribution is 7.09. The molecule has 7 heteroatoms. The first-order valence-electron chi connectivity index (χ1n) is 8.34. The lowest BCUT2D eigenvalue weighted by atomic mass is 10.2. The summed E-state index contributed by atoms with van der Waals surface area (Å²) < 4.78 is 5.78. The summed E-state index contributed by atoms with van der Waals surface area (Å²) in [6, 6.07) is 10.2. The number of nitrogens with zero attached hydrogens (tertiary/aromatic N) is 3. The van der Waals surface area contributed by atoms with Crippen LogP contribution in [0.25, 0.3) is 11.3 Å². The molecular weight excluding hydrogens is 338 g/mol. The van der Waals surface area contributed by atoms with Gasteiger partial charge in [-0.3, -0.25) is 14.6 Å². The maximum Gasteiger partial charge on any atom is 0.317 e. The number of ether oxygens (including phenoxy) is 1. The van der Waals surface area contributed by atoms with E-state index < -0.39 is 5.97 Å². The van der Waals surface area contributed by atoms with Crippen molar-refractivity contribution >= 4 is 17.3 Å². The summed E-state index contributed by atoms with van der Waals surface area (Å²) in [5, 5.41) is 12.1. The van der Waals surface area contributed by atoms with Crippen molar-refractivity contribution < 1.29 is 14.6 Å². The predicted molar refractivity (Wildman–Crippen MR) is 97.7 cm³/mol. The molecule has 6 nitrogen and oxygen atoms in total. The molecule has 0 radical (unpaired) electrons. The molecule has 1 aromatic heterocycles. The molecule has 0 aliphatic carbocycles. The smallest absolute Gasteiger partial charge is 0.317 e. The van der Waals surface area contributed by atoms with E-state index in [1.807, 2.05) is 25.2 Å². The Hall–Kier alpha value is -1.80. The Labute approximate surface area is 151 Å². The highest BCUT2D eigenvalue weighted by atomic mass is 32.1. The fourth-order valence-electron chi connectivity index (χ4n) is 2.99. The third kappa shape index (κ3) is 5.34. The van der Waals surface area contributed by atoms with Gasteiger partial charge in [0.15, 0.2) is 0 Å². The number of carbonyl (C=O) groups is 1. The normalized spacial score (nSPS) is 18.6. The summed E-state index contributed by atoms with van der Waals surface area (Å²) >= 11 is 1.68. The van der Waals surface area contributed by atoms with Crippen molar-refractivity contribution in [2.24, 2.45) is 0 Å². The van der Waals surface area contributed by atoms with Gasteiger partial charge in [0.2, 0.25) is 0 Å². The molecular formula is C18H23N3O3S. The molecule has 0 bridgehead atoms. The fourth-order valence-corrected chi connectivity index (χ4v) is 3.84. The summed E-state index contributed by atoms with van der Waals surface area (Å²) in [4.78, 5) is 19.6. The topological polar surface area (TPSA) is 65.9 Å². The van der Waals surface area contributed by atoms with E-state index in [-0.39, 0.29) is 12.6 Å². The quantitative estimate of drug-likeness (QED) is 0.814. The van der Waals surface area contributed by atoms with Gasteiger partial charge in [-0.25, -0.2) is 4.98 Å². The number of morpholine rings is 1. The molecule has 0 amide bonds. The Morgan fingerprint density at radius 3 is 3.00 bits per heavy atom. The minimum atomic E-state index is -0.814. The molecule has 0 saturated carbocycles. The first kappa shape index (κ1) is 18.0. The van der Waals surface area contributed by atoms with Gasteiger partial charge in [0.05, 0.1) is 31.5 Å². The van der Waals surface area contributed by atoms with E-state index >= 15 is 0 Å². The van der Waals surface area contributed by atoms with Gasteiger partial charge in [0.1, 0.15) is 5.01 Å². The molecule has 3 rings (SSSR count). The molecule has 1 aromatic carbocycles.